The second kappa shape index (κ2) is 10.9. The van der Waals surface area contributed by atoms with Crippen LogP contribution in [-0.4, -0.2) is 57.1 Å². The Kier molecular flexibility index (Phi) is 8.62. The molecule has 0 aliphatic heterocycles. The predicted molar refractivity (Wildman–Crippen MR) is 114 cm³/mol. The fourth-order valence-corrected chi connectivity index (χ4v) is 3.05. The molecule has 0 fully saturated rings. The molecule has 0 spiro atoms. The highest BCUT2D eigenvalue weighted by Crippen LogP contribution is 2.36. The zero-order chi connectivity index (χ0) is 22.3. The van der Waals surface area contributed by atoms with Gasteiger partial charge in [-0.25, -0.2) is 8.78 Å². The van der Waals surface area contributed by atoms with Gasteiger partial charge in [0.1, 0.15) is 11.6 Å². The molecule has 0 unspecified atom stereocenters. The highest BCUT2D eigenvalue weighted by molar-refractivity contribution is 6.32. The molecule has 0 aromatic heterocycles. The van der Waals surface area contributed by atoms with E-state index in [0.29, 0.717) is 35.2 Å². The lowest BCUT2D eigenvalue weighted by molar-refractivity contribution is -0.126. The molecule has 0 saturated carbocycles. The summed E-state index contributed by atoms with van der Waals surface area (Å²) in [4.78, 5) is 16.2. The third-order valence-corrected chi connectivity index (χ3v) is 4.66. The summed E-state index contributed by atoms with van der Waals surface area (Å²) in [5, 5.41) is 0.349. The number of amides is 1. The second-order valence-corrected chi connectivity index (χ2v) is 7.28. The number of carbonyl (C=O) groups excluding carboxylic acids is 1. The van der Waals surface area contributed by atoms with Crippen LogP contribution < -0.4 is 9.47 Å². The first-order valence-electron chi connectivity index (χ1n) is 9.22. The summed E-state index contributed by atoms with van der Waals surface area (Å²) in [6.07, 6.45) is 2.98. The fraction of sp³-hybridized carbons (Fsp3) is 0.318. The van der Waals surface area contributed by atoms with E-state index in [0.717, 1.165) is 6.07 Å². The Morgan fingerprint density at radius 2 is 1.83 bits per heavy atom. The summed E-state index contributed by atoms with van der Waals surface area (Å²) < 4.78 is 37.7. The highest BCUT2D eigenvalue weighted by Gasteiger charge is 2.15. The molecule has 0 aliphatic carbocycles. The standard InChI is InChI=1S/C22H25ClF2N2O3/c1-26(2)9-10-27(14-16-6-7-17(24)13-19(16)25)21(28)8-5-15-11-18(23)22(30-4)20(12-15)29-3/h5-8,11-13H,9-10,14H2,1-4H3. The molecule has 2 rings (SSSR count). The van der Waals surface area contributed by atoms with Gasteiger partial charge >= 0.3 is 0 Å². The van der Waals surface area contributed by atoms with Gasteiger partial charge in [-0.05, 0) is 43.9 Å². The number of rotatable bonds is 9. The van der Waals surface area contributed by atoms with Crippen LogP contribution in [0.5, 0.6) is 11.5 Å². The molecule has 5 nitrogen and oxygen atoms in total. The van der Waals surface area contributed by atoms with Gasteiger partial charge in [-0.3, -0.25) is 4.79 Å². The highest BCUT2D eigenvalue weighted by atomic mass is 35.5. The van der Waals surface area contributed by atoms with E-state index in [1.54, 1.807) is 18.2 Å². The molecular weight excluding hydrogens is 414 g/mol. The van der Waals surface area contributed by atoms with Crippen LogP contribution in [0.4, 0.5) is 8.78 Å². The van der Waals surface area contributed by atoms with Gasteiger partial charge in [0.25, 0.3) is 0 Å². The SMILES string of the molecule is COc1cc(C=CC(=O)N(CCN(C)C)Cc2ccc(F)cc2F)cc(Cl)c1OC. The first-order valence-corrected chi connectivity index (χ1v) is 9.60. The largest absolute Gasteiger partial charge is 0.493 e. The van der Waals surface area contributed by atoms with Crippen LogP contribution in [0.25, 0.3) is 6.08 Å². The van der Waals surface area contributed by atoms with Crippen LogP contribution in [0.1, 0.15) is 11.1 Å². The van der Waals surface area contributed by atoms with Gasteiger partial charge in [0, 0.05) is 37.3 Å². The van der Waals surface area contributed by atoms with Gasteiger partial charge < -0.3 is 19.3 Å². The number of likely N-dealkylation sites (N-methyl/N-ethyl adjacent to an activating group) is 1. The first kappa shape index (κ1) is 23.6. The molecule has 1 amide bonds. The fourth-order valence-electron chi connectivity index (χ4n) is 2.75. The minimum absolute atomic E-state index is 0.0236. The maximum absolute atomic E-state index is 14.1. The van der Waals surface area contributed by atoms with Crippen LogP contribution >= 0.6 is 11.6 Å². The second-order valence-electron chi connectivity index (χ2n) is 6.87. The van der Waals surface area contributed by atoms with Gasteiger partial charge in [-0.2, -0.15) is 0 Å². The van der Waals surface area contributed by atoms with E-state index >= 15 is 0 Å². The van der Waals surface area contributed by atoms with Crippen LogP contribution in [0.3, 0.4) is 0 Å². The van der Waals surface area contributed by atoms with E-state index in [-0.39, 0.29) is 18.0 Å². The van der Waals surface area contributed by atoms with Gasteiger partial charge in [-0.15, -0.1) is 0 Å². The van der Waals surface area contributed by atoms with Gasteiger partial charge in [0.05, 0.1) is 19.2 Å². The Morgan fingerprint density at radius 1 is 1.10 bits per heavy atom. The monoisotopic (exact) mass is 438 g/mol. The Labute approximate surface area is 180 Å². The van der Waals surface area contributed by atoms with Crippen molar-refractivity contribution in [3.63, 3.8) is 0 Å². The average molecular weight is 439 g/mol. The van der Waals surface area contributed by atoms with Crippen LogP contribution in [0.2, 0.25) is 5.02 Å². The zero-order valence-electron chi connectivity index (χ0n) is 17.4. The molecule has 8 heteroatoms. The topological polar surface area (TPSA) is 42.0 Å². The van der Waals surface area contributed by atoms with Crippen molar-refractivity contribution < 1.29 is 23.0 Å². The molecule has 2 aromatic carbocycles. The summed E-state index contributed by atoms with van der Waals surface area (Å²) in [6, 6.07) is 6.67. The van der Waals surface area contributed by atoms with Gasteiger partial charge in [-0.1, -0.05) is 17.7 Å². The molecular formula is C22H25ClF2N2O3. The summed E-state index contributed by atoms with van der Waals surface area (Å²) in [5.41, 5.74) is 0.887. The van der Waals surface area contributed by atoms with Crippen molar-refractivity contribution in [2.24, 2.45) is 0 Å². The number of halogens is 3. The zero-order valence-corrected chi connectivity index (χ0v) is 18.2. The number of nitrogens with zero attached hydrogens (tertiary/aromatic N) is 2. The van der Waals surface area contributed by atoms with E-state index < -0.39 is 11.6 Å². The number of carbonyl (C=O) groups is 1. The molecule has 0 bridgehead atoms. The Balaban J connectivity index is 2.24. The lowest BCUT2D eigenvalue weighted by atomic mass is 10.1. The molecule has 0 aliphatic rings. The summed E-state index contributed by atoms with van der Waals surface area (Å²) >= 11 is 6.20. The average Bonchev–Trinajstić information content (AvgIpc) is 2.70. The van der Waals surface area contributed by atoms with Gasteiger partial charge in [0.2, 0.25) is 5.91 Å². The molecule has 0 N–H and O–H groups in total. The maximum atomic E-state index is 14.1. The lowest BCUT2D eigenvalue weighted by Gasteiger charge is -2.23. The third-order valence-electron chi connectivity index (χ3n) is 4.38. The Morgan fingerprint density at radius 3 is 2.43 bits per heavy atom. The van der Waals surface area contributed by atoms with Gasteiger partial charge in [0.15, 0.2) is 11.5 Å². The third kappa shape index (κ3) is 6.43. The number of hydrogen-bond acceptors (Lipinski definition) is 4. The van der Waals surface area contributed by atoms with Crippen molar-refractivity contribution in [3.8, 4) is 11.5 Å². The van der Waals surface area contributed by atoms with Crippen molar-refractivity contribution in [2.45, 2.75) is 6.54 Å². The Hall–Kier alpha value is -2.64. The van der Waals surface area contributed by atoms with E-state index in [4.69, 9.17) is 21.1 Å². The number of methoxy groups -OCH3 is 2. The summed E-state index contributed by atoms with van der Waals surface area (Å²) in [6.45, 7) is 0.986. The number of hydrogen-bond donors (Lipinski definition) is 0. The van der Waals surface area contributed by atoms with Crippen LogP contribution in [0, 0.1) is 11.6 Å². The van der Waals surface area contributed by atoms with E-state index in [2.05, 4.69) is 0 Å². The molecule has 0 atom stereocenters. The minimum Gasteiger partial charge on any atom is -0.493 e. The Bertz CT molecular complexity index is 919. The van der Waals surface area contributed by atoms with Crippen molar-refractivity contribution >= 4 is 23.6 Å². The normalized spacial score (nSPS) is 11.2. The van der Waals surface area contributed by atoms with Crippen molar-refractivity contribution in [3.05, 3.63) is 64.2 Å². The molecule has 2 aromatic rings. The maximum Gasteiger partial charge on any atom is 0.246 e. The first-order chi connectivity index (χ1) is 14.2. The van der Waals surface area contributed by atoms with Crippen molar-refractivity contribution in [1.29, 1.82) is 0 Å². The number of ether oxygens (including phenoxy) is 2. The van der Waals surface area contributed by atoms with E-state index in [1.165, 1.54) is 37.3 Å². The van der Waals surface area contributed by atoms with Crippen molar-refractivity contribution in [2.75, 3.05) is 41.4 Å². The molecule has 0 radical (unpaired) electrons. The number of benzene rings is 2. The summed E-state index contributed by atoms with van der Waals surface area (Å²) in [5.74, 6) is -0.815. The predicted octanol–water partition coefficient (Wildman–Crippen LogP) is 4.24. The molecule has 162 valence electrons. The summed E-state index contributed by atoms with van der Waals surface area (Å²) in [7, 11) is 6.73. The van der Waals surface area contributed by atoms with E-state index in [9.17, 15) is 13.6 Å². The van der Waals surface area contributed by atoms with Crippen molar-refractivity contribution in [1.82, 2.24) is 9.80 Å². The van der Waals surface area contributed by atoms with E-state index in [1.807, 2.05) is 19.0 Å². The quantitative estimate of drug-likeness (QED) is 0.549. The molecule has 30 heavy (non-hydrogen) atoms. The van der Waals surface area contributed by atoms with Crippen LogP contribution in [0.15, 0.2) is 36.4 Å². The minimum atomic E-state index is -0.687. The smallest absolute Gasteiger partial charge is 0.246 e. The molecule has 0 saturated heterocycles. The lowest BCUT2D eigenvalue weighted by Crippen LogP contribution is -2.35. The molecule has 0 heterocycles. The van der Waals surface area contributed by atoms with Crippen LogP contribution in [-0.2, 0) is 11.3 Å².